The number of carbonyl (C=O) groups is 2. The number of ketones is 1. The first kappa shape index (κ1) is 18.0. The molecule has 2 aromatic heterocycles. The number of hydrogen-bond donors (Lipinski definition) is 1. The Labute approximate surface area is 152 Å². The fourth-order valence-electron chi connectivity index (χ4n) is 3.32. The molecule has 3 heterocycles. The summed E-state index contributed by atoms with van der Waals surface area (Å²) in [5, 5.41) is 4.08. The lowest BCUT2D eigenvalue weighted by molar-refractivity contribution is 0.0903. The van der Waals surface area contributed by atoms with E-state index < -0.39 is 0 Å². The van der Waals surface area contributed by atoms with E-state index >= 15 is 0 Å². The maximum atomic E-state index is 12.7. The van der Waals surface area contributed by atoms with Crippen molar-refractivity contribution >= 4 is 33.2 Å². The molecule has 1 aliphatic heterocycles. The molecule has 6 heteroatoms. The van der Waals surface area contributed by atoms with E-state index in [1.807, 2.05) is 13.0 Å². The Hall–Kier alpha value is -1.79. The van der Waals surface area contributed by atoms with Crippen molar-refractivity contribution in [1.82, 2.24) is 15.2 Å². The zero-order chi connectivity index (χ0) is 18.1. The number of hydrogen-bond acceptors (Lipinski definition) is 5. The quantitative estimate of drug-likeness (QED) is 0.850. The number of thiophene rings is 1. The molecule has 0 aliphatic carbocycles. The van der Waals surface area contributed by atoms with Gasteiger partial charge in [0.25, 0.3) is 5.91 Å². The number of aryl methyl sites for hydroxylation is 1. The molecule has 1 amide bonds. The van der Waals surface area contributed by atoms with Crippen molar-refractivity contribution in [3.05, 3.63) is 28.3 Å². The summed E-state index contributed by atoms with van der Waals surface area (Å²) in [5.74, 6) is -0.0317. The van der Waals surface area contributed by atoms with Crippen molar-refractivity contribution in [1.29, 1.82) is 0 Å². The monoisotopic (exact) mass is 359 g/mol. The van der Waals surface area contributed by atoms with Gasteiger partial charge in [-0.3, -0.25) is 9.59 Å². The van der Waals surface area contributed by atoms with Gasteiger partial charge in [0.15, 0.2) is 5.78 Å². The predicted octanol–water partition coefficient (Wildman–Crippen LogP) is 3.41. The normalized spacial score (nSPS) is 16.5. The van der Waals surface area contributed by atoms with Gasteiger partial charge < -0.3 is 10.2 Å². The third-order valence-corrected chi connectivity index (χ3v) is 6.22. The third kappa shape index (κ3) is 3.75. The molecule has 1 fully saturated rings. The Morgan fingerprint density at radius 2 is 2.00 bits per heavy atom. The Morgan fingerprint density at radius 3 is 2.60 bits per heavy atom. The Kier molecular flexibility index (Phi) is 5.20. The number of nitrogens with zero attached hydrogens (tertiary/aromatic N) is 2. The Bertz CT molecular complexity index is 804. The zero-order valence-corrected chi connectivity index (χ0v) is 16.1. The number of amides is 1. The highest BCUT2D eigenvalue weighted by atomic mass is 32.1. The van der Waals surface area contributed by atoms with Crippen LogP contribution in [0.15, 0.2) is 12.3 Å². The second-order valence-electron chi connectivity index (χ2n) is 7.07. The van der Waals surface area contributed by atoms with Gasteiger partial charge in [0.1, 0.15) is 4.83 Å². The summed E-state index contributed by atoms with van der Waals surface area (Å²) in [7, 11) is 0. The van der Waals surface area contributed by atoms with Crippen LogP contribution < -0.4 is 5.32 Å². The van der Waals surface area contributed by atoms with Crippen LogP contribution in [-0.2, 0) is 0 Å². The molecule has 1 N–H and O–H groups in total. The van der Waals surface area contributed by atoms with Crippen LogP contribution in [0.25, 0.3) is 10.2 Å². The Morgan fingerprint density at radius 1 is 1.32 bits per heavy atom. The summed E-state index contributed by atoms with van der Waals surface area (Å²) in [6.07, 6.45) is 3.56. The third-order valence-electron chi connectivity index (χ3n) is 5.00. The van der Waals surface area contributed by atoms with Crippen LogP contribution >= 0.6 is 11.3 Å². The molecular weight excluding hydrogens is 334 g/mol. The van der Waals surface area contributed by atoms with Gasteiger partial charge in [-0.2, -0.15) is 0 Å². The number of aromatic nitrogens is 1. The first-order valence-electron chi connectivity index (χ1n) is 8.81. The number of Topliss-reactive ketones (excluding diaryl/α,β-unsaturated/α-hetero) is 1. The van der Waals surface area contributed by atoms with Gasteiger partial charge in [-0.25, -0.2) is 4.98 Å². The first-order chi connectivity index (χ1) is 11.9. The molecular formula is C19H25N3O2S. The molecule has 0 atom stereocenters. The zero-order valence-electron chi connectivity index (χ0n) is 15.3. The van der Waals surface area contributed by atoms with Gasteiger partial charge in [-0.1, -0.05) is 0 Å². The van der Waals surface area contributed by atoms with Crippen LogP contribution in [0.2, 0.25) is 0 Å². The lowest BCUT2D eigenvalue weighted by Gasteiger charge is -2.34. The number of pyridine rings is 1. The van der Waals surface area contributed by atoms with E-state index in [-0.39, 0.29) is 17.7 Å². The number of fused-ring (bicyclic) bond motifs is 1. The molecule has 2 aromatic rings. The highest BCUT2D eigenvalue weighted by molar-refractivity contribution is 7.20. The molecule has 0 saturated carbocycles. The summed E-state index contributed by atoms with van der Waals surface area (Å²) < 4.78 is 0. The second-order valence-corrected chi connectivity index (χ2v) is 8.07. The van der Waals surface area contributed by atoms with Gasteiger partial charge in [0, 0.05) is 42.3 Å². The van der Waals surface area contributed by atoms with Crippen molar-refractivity contribution in [3.8, 4) is 0 Å². The molecule has 0 radical (unpaired) electrons. The highest BCUT2D eigenvalue weighted by Gasteiger charge is 2.24. The maximum Gasteiger partial charge on any atom is 0.261 e. The minimum absolute atomic E-state index is 0.0112. The van der Waals surface area contributed by atoms with Crippen LogP contribution in [0.5, 0.6) is 0 Å². The van der Waals surface area contributed by atoms with Crippen LogP contribution in [0.1, 0.15) is 59.2 Å². The van der Waals surface area contributed by atoms with Crippen molar-refractivity contribution in [2.75, 3.05) is 13.1 Å². The molecule has 134 valence electrons. The van der Waals surface area contributed by atoms with Crippen LogP contribution in [0.3, 0.4) is 0 Å². The van der Waals surface area contributed by atoms with Gasteiger partial charge in [0.2, 0.25) is 0 Å². The van der Waals surface area contributed by atoms with E-state index in [0.29, 0.717) is 16.5 Å². The van der Waals surface area contributed by atoms with Crippen molar-refractivity contribution in [3.63, 3.8) is 0 Å². The molecule has 0 aromatic carbocycles. The topological polar surface area (TPSA) is 62.3 Å². The minimum Gasteiger partial charge on any atom is -0.349 e. The Balaban J connectivity index is 1.74. The van der Waals surface area contributed by atoms with E-state index in [1.54, 1.807) is 6.20 Å². The van der Waals surface area contributed by atoms with E-state index in [9.17, 15) is 9.59 Å². The molecule has 1 aliphatic rings. The number of piperidine rings is 1. The second kappa shape index (κ2) is 7.22. The van der Waals surface area contributed by atoms with Gasteiger partial charge in [-0.15, -0.1) is 11.3 Å². The minimum atomic E-state index is -0.0205. The SMILES string of the molecule is CC(=O)c1cnc2sc(C(=O)NC3CCN(C(C)C)CC3)c(C)c2c1. The largest absolute Gasteiger partial charge is 0.349 e. The van der Waals surface area contributed by atoms with Crippen LogP contribution in [0, 0.1) is 6.92 Å². The summed E-state index contributed by atoms with van der Waals surface area (Å²) in [6.45, 7) is 9.93. The van der Waals surface area contributed by atoms with E-state index in [4.69, 9.17) is 0 Å². The molecule has 1 saturated heterocycles. The predicted molar refractivity (Wildman–Crippen MR) is 102 cm³/mol. The average Bonchev–Trinajstić information content (AvgIpc) is 2.92. The summed E-state index contributed by atoms with van der Waals surface area (Å²) >= 11 is 1.40. The molecule has 0 bridgehead atoms. The standard InChI is InChI=1S/C19H25N3O2S/c1-11(2)22-7-5-15(6-8-22)21-18(24)17-12(3)16-9-14(13(4)23)10-20-19(16)25-17/h9-11,15H,5-8H2,1-4H3,(H,21,24). The number of carbonyl (C=O) groups excluding carboxylic acids is 2. The van der Waals surface area contributed by atoms with Crippen molar-refractivity contribution < 1.29 is 9.59 Å². The number of rotatable bonds is 4. The summed E-state index contributed by atoms with van der Waals surface area (Å²) in [4.78, 5) is 32.6. The molecule has 0 spiro atoms. The van der Waals surface area contributed by atoms with Crippen molar-refractivity contribution in [2.45, 2.75) is 52.6 Å². The summed E-state index contributed by atoms with van der Waals surface area (Å²) in [6, 6.07) is 2.63. The number of likely N-dealkylation sites (tertiary alicyclic amines) is 1. The van der Waals surface area contributed by atoms with Gasteiger partial charge >= 0.3 is 0 Å². The van der Waals surface area contributed by atoms with E-state index in [2.05, 4.69) is 29.0 Å². The average molecular weight is 359 g/mol. The highest BCUT2D eigenvalue weighted by Crippen LogP contribution is 2.30. The van der Waals surface area contributed by atoms with Crippen molar-refractivity contribution in [2.24, 2.45) is 0 Å². The number of nitrogens with one attached hydrogen (secondary N) is 1. The lowest BCUT2D eigenvalue weighted by atomic mass is 10.0. The van der Waals surface area contributed by atoms with Crippen LogP contribution in [-0.4, -0.2) is 46.7 Å². The molecule has 25 heavy (non-hydrogen) atoms. The smallest absolute Gasteiger partial charge is 0.261 e. The fourth-order valence-corrected chi connectivity index (χ4v) is 4.35. The molecule has 5 nitrogen and oxygen atoms in total. The van der Waals surface area contributed by atoms with Gasteiger partial charge in [-0.05, 0) is 52.2 Å². The van der Waals surface area contributed by atoms with Crippen LogP contribution in [0.4, 0.5) is 0 Å². The fraction of sp³-hybridized carbons (Fsp3) is 0.526. The molecule has 3 rings (SSSR count). The van der Waals surface area contributed by atoms with E-state index in [0.717, 1.165) is 41.7 Å². The first-order valence-corrected chi connectivity index (χ1v) is 9.63. The van der Waals surface area contributed by atoms with Gasteiger partial charge in [0.05, 0.1) is 4.88 Å². The maximum absolute atomic E-state index is 12.7. The lowest BCUT2D eigenvalue weighted by Crippen LogP contribution is -2.46. The molecule has 0 unspecified atom stereocenters. The summed E-state index contributed by atoms with van der Waals surface area (Å²) in [5.41, 5.74) is 1.49. The van der Waals surface area contributed by atoms with E-state index in [1.165, 1.54) is 18.3 Å².